The van der Waals surface area contributed by atoms with E-state index in [4.69, 9.17) is 14.5 Å². The lowest BCUT2D eigenvalue weighted by molar-refractivity contribution is -0.146. The van der Waals surface area contributed by atoms with Gasteiger partial charge in [0, 0.05) is 19.6 Å². The summed E-state index contributed by atoms with van der Waals surface area (Å²) in [5.41, 5.74) is 1.13. The minimum atomic E-state index is -0.105. The van der Waals surface area contributed by atoms with Crippen molar-refractivity contribution < 1.29 is 14.3 Å². The van der Waals surface area contributed by atoms with Crippen molar-refractivity contribution in [2.24, 2.45) is 10.9 Å². The molecule has 1 aromatic carbocycles. The van der Waals surface area contributed by atoms with Gasteiger partial charge in [-0.25, -0.2) is 4.99 Å². The molecule has 152 valence electrons. The number of para-hydroxylation sites is 1. The Kier molecular flexibility index (Phi) is 10.5. The minimum Gasteiger partial charge on any atom is -0.489 e. The van der Waals surface area contributed by atoms with Crippen LogP contribution in [0.3, 0.4) is 0 Å². The topological polar surface area (TPSA) is 63.2 Å². The van der Waals surface area contributed by atoms with E-state index in [1.807, 2.05) is 38.1 Å². The summed E-state index contributed by atoms with van der Waals surface area (Å²) >= 11 is 0. The fraction of sp³-hybridized carbons (Fsp3) is 0.600. The average molecular weight is 489 g/mol. The molecule has 0 aliphatic carbocycles. The number of aliphatic imine (C=N–C) groups is 1. The molecule has 1 N–H and O–H groups in total. The molecule has 1 saturated heterocycles. The van der Waals surface area contributed by atoms with E-state index < -0.39 is 0 Å². The van der Waals surface area contributed by atoms with Crippen LogP contribution in [0.5, 0.6) is 5.75 Å². The molecule has 0 bridgehead atoms. The number of methoxy groups -OCH3 is 1. The first kappa shape index (κ1) is 23.5. The number of benzene rings is 1. The van der Waals surface area contributed by atoms with E-state index in [1.165, 1.54) is 7.11 Å². The molecule has 1 fully saturated rings. The Balaban J connectivity index is 0.00000364. The van der Waals surface area contributed by atoms with E-state index in [0.29, 0.717) is 6.54 Å². The van der Waals surface area contributed by atoms with E-state index in [9.17, 15) is 4.79 Å². The number of hydrogen-bond acceptors (Lipinski definition) is 4. The highest BCUT2D eigenvalue weighted by molar-refractivity contribution is 14.0. The fourth-order valence-electron chi connectivity index (χ4n) is 3.08. The number of guanidine groups is 1. The van der Waals surface area contributed by atoms with Crippen LogP contribution >= 0.6 is 24.0 Å². The predicted octanol–water partition coefficient (Wildman–Crippen LogP) is 3.23. The van der Waals surface area contributed by atoms with Crippen LogP contribution in [0, 0.1) is 12.8 Å². The van der Waals surface area contributed by atoms with Crippen molar-refractivity contribution in [1.82, 2.24) is 10.2 Å². The second kappa shape index (κ2) is 12.0. The number of hydrogen-bond donors (Lipinski definition) is 1. The van der Waals surface area contributed by atoms with E-state index in [2.05, 4.69) is 17.1 Å². The third-order valence-corrected chi connectivity index (χ3v) is 4.58. The zero-order valence-electron chi connectivity index (χ0n) is 16.7. The van der Waals surface area contributed by atoms with Crippen LogP contribution in [-0.4, -0.2) is 56.2 Å². The Bertz CT molecular complexity index is 616. The summed E-state index contributed by atoms with van der Waals surface area (Å²) in [6, 6.07) is 8.01. The highest BCUT2D eigenvalue weighted by atomic mass is 127. The number of halogens is 1. The maximum Gasteiger partial charge on any atom is 0.308 e. The Labute approximate surface area is 179 Å². The molecule has 1 aliphatic rings. The zero-order valence-corrected chi connectivity index (χ0v) is 19.1. The first-order valence-electron chi connectivity index (χ1n) is 9.38. The molecule has 1 aliphatic heterocycles. The number of nitrogens with zero attached hydrogens (tertiary/aromatic N) is 2. The molecule has 0 amide bonds. The molecule has 27 heavy (non-hydrogen) atoms. The number of rotatable bonds is 6. The van der Waals surface area contributed by atoms with Crippen LogP contribution in [0.1, 0.15) is 32.3 Å². The Morgan fingerprint density at radius 3 is 2.59 bits per heavy atom. The van der Waals surface area contributed by atoms with Gasteiger partial charge in [-0.05, 0) is 45.2 Å². The van der Waals surface area contributed by atoms with Crippen LogP contribution in [-0.2, 0) is 9.53 Å². The van der Waals surface area contributed by atoms with E-state index in [-0.39, 0.29) is 42.0 Å². The normalized spacial score (nSPS) is 16.3. The fourth-order valence-corrected chi connectivity index (χ4v) is 3.08. The Hall–Kier alpha value is -1.51. The Morgan fingerprint density at radius 2 is 2.00 bits per heavy atom. The van der Waals surface area contributed by atoms with E-state index in [0.717, 1.165) is 49.7 Å². The van der Waals surface area contributed by atoms with Crippen LogP contribution in [0.4, 0.5) is 0 Å². The molecular formula is C20H32IN3O3. The second-order valence-electron chi connectivity index (χ2n) is 6.67. The number of nitrogens with one attached hydrogen (secondary N) is 1. The van der Waals surface area contributed by atoms with Crippen LogP contribution < -0.4 is 10.1 Å². The van der Waals surface area contributed by atoms with Crippen LogP contribution in [0.2, 0.25) is 0 Å². The van der Waals surface area contributed by atoms with Crippen LogP contribution in [0.25, 0.3) is 0 Å². The quantitative estimate of drug-likeness (QED) is 0.288. The van der Waals surface area contributed by atoms with Gasteiger partial charge in [-0.15, -0.1) is 24.0 Å². The van der Waals surface area contributed by atoms with Gasteiger partial charge in [-0.2, -0.15) is 0 Å². The monoisotopic (exact) mass is 489 g/mol. The molecule has 0 radical (unpaired) electrons. The van der Waals surface area contributed by atoms with Crippen molar-refractivity contribution in [3.8, 4) is 5.75 Å². The third-order valence-electron chi connectivity index (χ3n) is 4.58. The molecule has 0 saturated carbocycles. The lowest BCUT2D eigenvalue weighted by Gasteiger charge is -2.33. The third kappa shape index (κ3) is 7.20. The van der Waals surface area contributed by atoms with Crippen molar-refractivity contribution in [3.63, 3.8) is 0 Å². The van der Waals surface area contributed by atoms with Gasteiger partial charge >= 0.3 is 5.97 Å². The first-order valence-corrected chi connectivity index (χ1v) is 9.38. The van der Waals surface area contributed by atoms with E-state index in [1.54, 1.807) is 0 Å². The van der Waals surface area contributed by atoms with Gasteiger partial charge < -0.3 is 19.7 Å². The minimum absolute atomic E-state index is 0. The van der Waals surface area contributed by atoms with Crippen molar-refractivity contribution in [1.29, 1.82) is 0 Å². The summed E-state index contributed by atoms with van der Waals surface area (Å²) in [5, 5.41) is 3.35. The summed E-state index contributed by atoms with van der Waals surface area (Å²) in [7, 11) is 1.45. The summed E-state index contributed by atoms with van der Waals surface area (Å²) in [6.45, 7) is 9.13. The maximum absolute atomic E-state index is 11.7. The molecule has 1 unspecified atom stereocenters. The summed E-state index contributed by atoms with van der Waals surface area (Å²) in [6.07, 6.45) is 1.58. The van der Waals surface area contributed by atoms with E-state index >= 15 is 0 Å². The van der Waals surface area contributed by atoms with Crippen molar-refractivity contribution >= 4 is 35.9 Å². The summed E-state index contributed by atoms with van der Waals surface area (Å²) in [5.74, 6) is 1.68. The average Bonchev–Trinajstić information content (AvgIpc) is 2.66. The maximum atomic E-state index is 11.7. The SMILES string of the molecule is CCNC(=NCC(C)Oc1ccccc1C)N1CCC(C(=O)OC)CC1.I. The van der Waals surface area contributed by atoms with Gasteiger partial charge in [0.1, 0.15) is 11.9 Å². The zero-order chi connectivity index (χ0) is 18.9. The number of likely N-dealkylation sites (tertiary alicyclic amines) is 1. The number of ether oxygens (including phenoxy) is 2. The van der Waals surface area contributed by atoms with Gasteiger partial charge in [-0.1, -0.05) is 18.2 Å². The first-order chi connectivity index (χ1) is 12.5. The molecule has 2 rings (SSSR count). The number of esters is 1. The smallest absolute Gasteiger partial charge is 0.308 e. The number of carbonyl (C=O) groups excluding carboxylic acids is 1. The molecule has 7 heteroatoms. The highest BCUT2D eigenvalue weighted by Crippen LogP contribution is 2.19. The number of carbonyl (C=O) groups is 1. The molecule has 6 nitrogen and oxygen atoms in total. The second-order valence-corrected chi connectivity index (χ2v) is 6.67. The predicted molar refractivity (Wildman–Crippen MR) is 119 cm³/mol. The lowest BCUT2D eigenvalue weighted by atomic mass is 9.97. The lowest BCUT2D eigenvalue weighted by Crippen LogP contribution is -2.47. The molecule has 0 spiro atoms. The highest BCUT2D eigenvalue weighted by Gasteiger charge is 2.27. The molecule has 1 aromatic rings. The van der Waals surface area contributed by atoms with Crippen LogP contribution in [0.15, 0.2) is 29.3 Å². The van der Waals surface area contributed by atoms with Gasteiger partial charge in [0.2, 0.25) is 0 Å². The molecule has 1 atom stereocenters. The summed E-state index contributed by atoms with van der Waals surface area (Å²) < 4.78 is 10.9. The van der Waals surface area contributed by atoms with Gasteiger partial charge in [0.05, 0.1) is 19.6 Å². The molecule has 1 heterocycles. The Morgan fingerprint density at radius 1 is 1.33 bits per heavy atom. The standard InChI is InChI=1S/C20H31N3O3.HI/c1-5-21-20(23-12-10-17(11-13-23)19(24)25-4)22-14-16(3)26-18-9-7-6-8-15(18)2;/h6-9,16-17H,5,10-14H2,1-4H3,(H,21,22);1H. The van der Waals surface area contributed by atoms with Crippen molar-refractivity contribution in [2.75, 3.05) is 33.3 Å². The van der Waals surface area contributed by atoms with Gasteiger partial charge in [0.25, 0.3) is 0 Å². The molecular weight excluding hydrogens is 457 g/mol. The largest absolute Gasteiger partial charge is 0.489 e. The van der Waals surface area contributed by atoms with Crippen molar-refractivity contribution in [3.05, 3.63) is 29.8 Å². The van der Waals surface area contributed by atoms with Gasteiger partial charge in [-0.3, -0.25) is 4.79 Å². The number of aryl methyl sites for hydroxylation is 1. The van der Waals surface area contributed by atoms with Crippen molar-refractivity contribution in [2.45, 2.75) is 39.7 Å². The molecule has 0 aromatic heterocycles. The summed E-state index contributed by atoms with van der Waals surface area (Å²) in [4.78, 5) is 18.6. The van der Waals surface area contributed by atoms with Gasteiger partial charge in [0.15, 0.2) is 5.96 Å². The number of piperidine rings is 1.